The van der Waals surface area contributed by atoms with Crippen molar-refractivity contribution >= 4 is 11.2 Å². The van der Waals surface area contributed by atoms with Crippen LogP contribution >= 0.6 is 0 Å². The van der Waals surface area contributed by atoms with Gasteiger partial charge in [0.05, 0.1) is 0 Å². The van der Waals surface area contributed by atoms with E-state index in [1.807, 2.05) is 0 Å². The lowest BCUT2D eigenvalue weighted by Gasteiger charge is -2.22. The number of rotatable bonds is 2. The van der Waals surface area contributed by atoms with Gasteiger partial charge in [-0.15, -0.1) is 0 Å². The lowest BCUT2D eigenvalue weighted by atomic mass is 9.81. The van der Waals surface area contributed by atoms with Crippen molar-refractivity contribution in [2.45, 2.75) is 51.9 Å². The van der Waals surface area contributed by atoms with Crippen molar-refractivity contribution in [2.75, 3.05) is 0 Å². The molecule has 80 valence electrons. The summed E-state index contributed by atoms with van der Waals surface area (Å²) >= 11 is 0. The minimum atomic E-state index is 0.262. The highest BCUT2D eigenvalue weighted by Gasteiger charge is 2.30. The third-order valence-corrected chi connectivity index (χ3v) is 4.13. The number of benzene rings is 1. The summed E-state index contributed by atoms with van der Waals surface area (Å²) in [5.74, 6) is 0. The molecule has 2 heterocycles. The topological polar surface area (TPSA) is 13.1 Å². The molecular weight excluding hydrogens is 184 g/mol. The van der Waals surface area contributed by atoms with Crippen LogP contribution in [0.3, 0.4) is 0 Å². The first-order valence-corrected chi connectivity index (χ1v) is 6.00. The molecule has 1 nitrogen and oxygen atoms in total. The maximum Gasteiger partial charge on any atom is 0.134 e. The van der Waals surface area contributed by atoms with Gasteiger partial charge >= 0.3 is 0 Å². The van der Waals surface area contributed by atoms with Gasteiger partial charge in [0.1, 0.15) is 11.2 Å². The third kappa shape index (κ3) is 1.09. The molecule has 0 radical (unpaired) electrons. The van der Waals surface area contributed by atoms with Crippen LogP contribution in [-0.2, 0) is 18.3 Å². The lowest BCUT2D eigenvalue weighted by molar-refractivity contribution is 0.506. The van der Waals surface area contributed by atoms with Gasteiger partial charge in [-0.2, -0.15) is 0 Å². The molecule has 15 heavy (non-hydrogen) atoms. The average molecular weight is 202 g/mol. The van der Waals surface area contributed by atoms with E-state index in [2.05, 4.69) is 26.8 Å². The summed E-state index contributed by atoms with van der Waals surface area (Å²) in [5, 5.41) is 0. The van der Waals surface area contributed by atoms with E-state index in [4.69, 9.17) is 4.42 Å². The Bertz CT molecular complexity index is 490. The Kier molecular flexibility index (Phi) is 1.72. The summed E-state index contributed by atoms with van der Waals surface area (Å²) in [6.45, 7) is 6.87. The van der Waals surface area contributed by atoms with Gasteiger partial charge in [0, 0.05) is 16.7 Å². The van der Waals surface area contributed by atoms with E-state index in [1.54, 1.807) is 0 Å². The molecule has 0 N–H and O–H groups in total. The second-order valence-electron chi connectivity index (χ2n) is 5.40. The zero-order valence-electron chi connectivity index (χ0n) is 9.81. The zero-order chi connectivity index (χ0) is 10.6. The Balaban J connectivity index is 2.21. The van der Waals surface area contributed by atoms with Gasteiger partial charge < -0.3 is 4.42 Å². The van der Waals surface area contributed by atoms with Crippen molar-refractivity contribution in [3.05, 3.63) is 22.8 Å². The van der Waals surface area contributed by atoms with Crippen molar-refractivity contribution in [2.24, 2.45) is 0 Å². The molecule has 0 atom stereocenters. The van der Waals surface area contributed by atoms with Crippen LogP contribution in [0.15, 0.2) is 10.5 Å². The van der Waals surface area contributed by atoms with E-state index in [0.29, 0.717) is 0 Å². The van der Waals surface area contributed by atoms with E-state index in [-0.39, 0.29) is 5.41 Å². The van der Waals surface area contributed by atoms with Gasteiger partial charge in [0.2, 0.25) is 0 Å². The van der Waals surface area contributed by atoms with Crippen LogP contribution in [0, 0.1) is 0 Å². The molecule has 1 aliphatic carbocycles. The van der Waals surface area contributed by atoms with Crippen LogP contribution < -0.4 is 0 Å². The first-order valence-electron chi connectivity index (χ1n) is 6.00. The molecule has 3 rings (SSSR count). The SMILES string of the molecule is CCC(C)(C)c1cc2oc1c1c2CCC1. The van der Waals surface area contributed by atoms with Crippen LogP contribution in [0.4, 0.5) is 0 Å². The summed E-state index contributed by atoms with van der Waals surface area (Å²) in [6.07, 6.45) is 4.94. The molecule has 0 saturated carbocycles. The van der Waals surface area contributed by atoms with E-state index >= 15 is 0 Å². The van der Waals surface area contributed by atoms with Crippen LogP contribution in [0.25, 0.3) is 11.2 Å². The predicted octanol–water partition coefficient (Wildman–Crippen LogP) is 4.05. The van der Waals surface area contributed by atoms with E-state index in [0.717, 1.165) is 5.58 Å². The second kappa shape index (κ2) is 2.78. The zero-order valence-corrected chi connectivity index (χ0v) is 9.81. The van der Waals surface area contributed by atoms with Crippen LogP contribution in [-0.4, -0.2) is 0 Å². The molecule has 0 aliphatic heterocycles. The Morgan fingerprint density at radius 1 is 1.27 bits per heavy atom. The van der Waals surface area contributed by atoms with Gasteiger partial charge in [-0.05, 0) is 37.2 Å². The minimum absolute atomic E-state index is 0.262. The molecule has 0 unspecified atom stereocenters. The van der Waals surface area contributed by atoms with Crippen molar-refractivity contribution < 1.29 is 4.42 Å². The molecule has 2 aromatic heterocycles. The third-order valence-electron chi connectivity index (χ3n) is 4.13. The smallest absolute Gasteiger partial charge is 0.134 e. The summed E-state index contributed by atoms with van der Waals surface area (Å²) in [7, 11) is 0. The highest BCUT2D eigenvalue weighted by atomic mass is 16.3. The largest absolute Gasteiger partial charge is 0.456 e. The number of furan rings is 2. The molecule has 0 spiro atoms. The van der Waals surface area contributed by atoms with Gasteiger partial charge in [-0.25, -0.2) is 0 Å². The fourth-order valence-corrected chi connectivity index (χ4v) is 2.72. The standard InChI is InChI=1S/C14H18O/c1-4-14(2,3)11-8-12-9-6-5-7-10(9)13(11)15-12/h8H,4-7H2,1-3H3. The van der Waals surface area contributed by atoms with Crippen LogP contribution in [0.2, 0.25) is 0 Å². The summed E-state index contributed by atoms with van der Waals surface area (Å²) in [5.41, 5.74) is 7.08. The fraction of sp³-hybridized carbons (Fsp3) is 0.571. The Morgan fingerprint density at radius 2 is 2.00 bits per heavy atom. The van der Waals surface area contributed by atoms with E-state index in [1.165, 1.54) is 48.0 Å². The van der Waals surface area contributed by atoms with Gasteiger partial charge in [-0.3, -0.25) is 0 Å². The molecule has 1 heteroatoms. The van der Waals surface area contributed by atoms with Crippen LogP contribution in [0.5, 0.6) is 0 Å². The molecule has 0 saturated heterocycles. The molecule has 2 aromatic rings. The van der Waals surface area contributed by atoms with E-state index in [9.17, 15) is 0 Å². The molecule has 0 fully saturated rings. The summed E-state index contributed by atoms with van der Waals surface area (Å²) < 4.78 is 5.91. The number of aryl methyl sites for hydroxylation is 2. The number of hydrogen-bond donors (Lipinski definition) is 0. The molecule has 1 aliphatic rings. The lowest BCUT2D eigenvalue weighted by Crippen LogP contribution is -2.15. The van der Waals surface area contributed by atoms with Crippen molar-refractivity contribution in [1.29, 1.82) is 0 Å². The maximum absolute atomic E-state index is 5.91. The maximum atomic E-state index is 5.91. The number of fused-ring (bicyclic) bond motifs is 5. The Morgan fingerprint density at radius 3 is 2.73 bits per heavy atom. The fourth-order valence-electron chi connectivity index (χ4n) is 2.72. The average Bonchev–Trinajstić information content (AvgIpc) is 2.89. The first-order chi connectivity index (χ1) is 7.13. The van der Waals surface area contributed by atoms with Crippen molar-refractivity contribution in [3.8, 4) is 0 Å². The summed E-state index contributed by atoms with van der Waals surface area (Å²) in [6, 6.07) is 2.28. The molecule has 0 aromatic carbocycles. The normalized spacial score (nSPS) is 16.5. The number of hydrogen-bond acceptors (Lipinski definition) is 1. The quantitative estimate of drug-likeness (QED) is 0.716. The highest BCUT2D eigenvalue weighted by molar-refractivity contribution is 5.78. The second-order valence-corrected chi connectivity index (χ2v) is 5.40. The Labute approximate surface area is 90.8 Å². The van der Waals surface area contributed by atoms with E-state index < -0.39 is 0 Å². The van der Waals surface area contributed by atoms with Crippen LogP contribution in [0.1, 0.15) is 50.3 Å². The molecular formula is C14H18O. The minimum Gasteiger partial charge on any atom is -0.456 e. The molecule has 0 amide bonds. The summed E-state index contributed by atoms with van der Waals surface area (Å²) in [4.78, 5) is 0. The predicted molar refractivity (Wildman–Crippen MR) is 62.7 cm³/mol. The molecule has 2 bridgehead atoms. The van der Waals surface area contributed by atoms with Gasteiger partial charge in [0.15, 0.2) is 0 Å². The van der Waals surface area contributed by atoms with Crippen molar-refractivity contribution in [1.82, 2.24) is 0 Å². The van der Waals surface area contributed by atoms with Crippen molar-refractivity contribution in [3.63, 3.8) is 0 Å². The monoisotopic (exact) mass is 202 g/mol. The Hall–Kier alpha value is -0.980. The van der Waals surface area contributed by atoms with Gasteiger partial charge in [0.25, 0.3) is 0 Å². The van der Waals surface area contributed by atoms with Gasteiger partial charge in [-0.1, -0.05) is 20.8 Å². The highest BCUT2D eigenvalue weighted by Crippen LogP contribution is 2.43. The first kappa shape index (κ1) is 9.26.